The van der Waals surface area contributed by atoms with Crippen LogP contribution < -0.4 is 0 Å². The van der Waals surface area contributed by atoms with Crippen molar-refractivity contribution in [2.24, 2.45) is 0 Å². The van der Waals surface area contributed by atoms with E-state index in [2.05, 4.69) is 23.8 Å². The Bertz CT molecular complexity index is 44.9. The van der Waals surface area contributed by atoms with Crippen molar-refractivity contribution < 1.29 is 0 Å². The summed E-state index contributed by atoms with van der Waals surface area (Å²) >= 11 is 0. The summed E-state index contributed by atoms with van der Waals surface area (Å²) in [5.74, 6) is 0. The summed E-state index contributed by atoms with van der Waals surface area (Å²) < 4.78 is 0. The molecule has 0 nitrogen and oxygen atoms in total. The average molecular weight is 101 g/mol. The Morgan fingerprint density at radius 1 is 1.60 bits per heavy atom. The molecule has 0 atom stereocenters. The normalized spacial score (nSPS) is 8.60. The molecule has 2 heteroatoms. The molecule has 0 saturated carbocycles. The molecular formula is C3H6PSi. The Labute approximate surface area is 37.7 Å². The van der Waals surface area contributed by atoms with Crippen molar-refractivity contribution >= 4 is 23.0 Å². The third-order valence-electron chi connectivity index (χ3n) is 0.224. The summed E-state index contributed by atoms with van der Waals surface area (Å²) in [5.41, 5.74) is 0. The van der Waals surface area contributed by atoms with Crippen molar-refractivity contribution in [1.82, 2.24) is 0 Å². The van der Waals surface area contributed by atoms with Crippen LogP contribution >= 0.6 is 7.75 Å². The van der Waals surface area contributed by atoms with E-state index in [1.165, 1.54) is 13.0 Å². The fraction of sp³-hybridized carbons (Fsp3) is 0.667. The smallest absolute Gasteiger partial charge is 0.108 e. The molecule has 0 aliphatic rings. The molecule has 0 aliphatic carbocycles. The van der Waals surface area contributed by atoms with Crippen LogP contribution in [0.3, 0.4) is 0 Å². The maximum Gasteiger partial charge on any atom is 0.108 e. The molecule has 27 valence electrons. The van der Waals surface area contributed by atoms with Gasteiger partial charge in [-0.25, -0.2) is 0 Å². The van der Waals surface area contributed by atoms with E-state index in [9.17, 15) is 0 Å². The minimum absolute atomic E-state index is 1.22. The Kier molecular flexibility index (Phi) is 2.82. The number of rotatable bonds is 0. The van der Waals surface area contributed by atoms with Crippen molar-refractivity contribution in [2.45, 2.75) is 13.8 Å². The van der Waals surface area contributed by atoms with Gasteiger partial charge in [-0.15, -0.1) is 7.75 Å². The zero-order valence-electron chi connectivity index (χ0n) is 3.45. The van der Waals surface area contributed by atoms with Gasteiger partial charge in [-0.3, -0.25) is 0 Å². The van der Waals surface area contributed by atoms with Crippen molar-refractivity contribution in [2.75, 3.05) is 0 Å². The molecule has 0 unspecified atom stereocenters. The second-order valence-corrected chi connectivity index (χ2v) is 2.85. The van der Waals surface area contributed by atoms with E-state index in [4.69, 9.17) is 0 Å². The second-order valence-electron chi connectivity index (χ2n) is 1.06. The minimum atomic E-state index is 1.22. The van der Waals surface area contributed by atoms with Crippen LogP contribution in [-0.2, 0) is 0 Å². The van der Waals surface area contributed by atoms with Gasteiger partial charge in [0, 0.05) is 0 Å². The highest BCUT2D eigenvalue weighted by atomic mass is 31.3. The highest BCUT2D eigenvalue weighted by Gasteiger charge is 1.61. The lowest BCUT2D eigenvalue weighted by molar-refractivity contribution is 1.85. The zero-order chi connectivity index (χ0) is 4.28. The Balaban J connectivity index is 3.14. The van der Waals surface area contributed by atoms with Gasteiger partial charge in [0.15, 0.2) is 0 Å². The Morgan fingerprint density at radius 3 is 1.80 bits per heavy atom. The summed E-state index contributed by atoms with van der Waals surface area (Å²) in [6.07, 6.45) is 0. The topological polar surface area (TPSA) is 0 Å². The van der Waals surface area contributed by atoms with E-state index in [0.29, 0.717) is 0 Å². The summed E-state index contributed by atoms with van der Waals surface area (Å²) in [6, 6.07) is 0. The second kappa shape index (κ2) is 2.61. The van der Waals surface area contributed by atoms with E-state index in [1.807, 2.05) is 0 Å². The van der Waals surface area contributed by atoms with E-state index >= 15 is 0 Å². The first-order chi connectivity index (χ1) is 2.27. The van der Waals surface area contributed by atoms with E-state index in [0.717, 1.165) is 0 Å². The standard InChI is InChI=1S/C3H6PSi/c1-3(2)4-5/h1-2H3. The molecule has 0 saturated heterocycles. The third kappa shape index (κ3) is 4.39. The number of hydrogen-bond acceptors (Lipinski definition) is 0. The summed E-state index contributed by atoms with van der Waals surface area (Å²) in [4.78, 5) is 0. The largest absolute Gasteiger partial charge is 0.136 e. The SMILES string of the molecule is CC(C)=P[Si]. The van der Waals surface area contributed by atoms with Gasteiger partial charge in [-0.2, -0.15) is 0 Å². The van der Waals surface area contributed by atoms with Gasteiger partial charge in [0.25, 0.3) is 0 Å². The Hall–Kier alpha value is 0.387. The van der Waals surface area contributed by atoms with Gasteiger partial charge in [-0.1, -0.05) is 5.29 Å². The first-order valence-electron chi connectivity index (χ1n) is 1.45. The molecule has 0 aromatic heterocycles. The average Bonchev–Trinajstić information content (AvgIpc) is 1.38. The van der Waals surface area contributed by atoms with Crippen molar-refractivity contribution in [1.29, 1.82) is 0 Å². The molecule has 0 N–H and O–H groups in total. The molecule has 0 fully saturated rings. The lowest BCUT2D eigenvalue weighted by atomic mass is 10.6. The lowest BCUT2D eigenvalue weighted by Crippen LogP contribution is -1.67. The van der Waals surface area contributed by atoms with Crippen molar-refractivity contribution in [3.8, 4) is 0 Å². The molecule has 0 heterocycles. The lowest BCUT2D eigenvalue weighted by Gasteiger charge is -1.72. The molecule has 0 amide bonds. The first kappa shape index (κ1) is 5.39. The summed E-state index contributed by atoms with van der Waals surface area (Å²) in [5, 5.41) is 1.39. The fourth-order valence-electron chi connectivity index (χ4n) is 0. The van der Waals surface area contributed by atoms with Crippen LogP contribution in [0.4, 0.5) is 0 Å². The zero-order valence-corrected chi connectivity index (χ0v) is 5.34. The predicted molar refractivity (Wildman–Crippen MR) is 29.0 cm³/mol. The highest BCUT2D eigenvalue weighted by molar-refractivity contribution is 7.66. The third-order valence-corrected chi connectivity index (χ3v) is 2.01. The van der Waals surface area contributed by atoms with Crippen molar-refractivity contribution in [3.63, 3.8) is 0 Å². The quantitative estimate of drug-likeness (QED) is 0.318. The van der Waals surface area contributed by atoms with E-state index in [-0.39, 0.29) is 0 Å². The molecule has 0 aromatic carbocycles. The van der Waals surface area contributed by atoms with Crippen LogP contribution in [0.25, 0.3) is 0 Å². The molecular weight excluding hydrogens is 95.1 g/mol. The Morgan fingerprint density at radius 2 is 1.80 bits per heavy atom. The summed E-state index contributed by atoms with van der Waals surface area (Å²) in [7, 11) is 4.51. The van der Waals surface area contributed by atoms with Crippen LogP contribution in [0.15, 0.2) is 0 Å². The van der Waals surface area contributed by atoms with Crippen molar-refractivity contribution in [3.05, 3.63) is 0 Å². The molecule has 0 bridgehead atoms. The van der Waals surface area contributed by atoms with Gasteiger partial charge < -0.3 is 0 Å². The predicted octanol–water partition coefficient (Wildman–Crippen LogP) is 1.23. The summed E-state index contributed by atoms with van der Waals surface area (Å²) in [6.45, 7) is 4.16. The van der Waals surface area contributed by atoms with Crippen LogP contribution in [0.5, 0.6) is 0 Å². The molecule has 0 aliphatic heterocycles. The van der Waals surface area contributed by atoms with Gasteiger partial charge in [-0.05, 0) is 13.8 Å². The van der Waals surface area contributed by atoms with Gasteiger partial charge in [0.2, 0.25) is 0 Å². The van der Waals surface area contributed by atoms with Crippen LogP contribution in [0.2, 0.25) is 0 Å². The maximum absolute atomic E-state index is 3.29. The van der Waals surface area contributed by atoms with Crippen LogP contribution in [-0.4, -0.2) is 15.2 Å². The molecule has 3 radical (unpaired) electrons. The molecule has 0 aromatic rings. The highest BCUT2D eigenvalue weighted by Crippen LogP contribution is 1.84. The van der Waals surface area contributed by atoms with Crippen LogP contribution in [0.1, 0.15) is 13.8 Å². The number of hydrogen-bond donors (Lipinski definition) is 0. The van der Waals surface area contributed by atoms with Crippen LogP contribution in [0, 0.1) is 0 Å². The fourth-order valence-corrected chi connectivity index (χ4v) is 0. The van der Waals surface area contributed by atoms with Gasteiger partial charge >= 0.3 is 0 Å². The monoisotopic (exact) mass is 101 g/mol. The van der Waals surface area contributed by atoms with Gasteiger partial charge in [0.05, 0.1) is 0 Å². The molecule has 0 rings (SSSR count). The molecule has 0 spiro atoms. The first-order valence-corrected chi connectivity index (χ1v) is 3.68. The maximum atomic E-state index is 3.29. The molecule has 5 heavy (non-hydrogen) atoms. The van der Waals surface area contributed by atoms with Gasteiger partial charge in [0.1, 0.15) is 9.91 Å². The van der Waals surface area contributed by atoms with E-state index < -0.39 is 0 Å². The minimum Gasteiger partial charge on any atom is -0.136 e. The van der Waals surface area contributed by atoms with E-state index in [1.54, 1.807) is 0 Å².